The number of nitrogens with zero attached hydrogens (tertiary/aromatic N) is 6. The van der Waals surface area contributed by atoms with E-state index in [2.05, 4.69) is 32.8 Å². The molecule has 0 unspecified atom stereocenters. The van der Waals surface area contributed by atoms with Crippen molar-refractivity contribution in [3.05, 3.63) is 58.9 Å². The highest BCUT2D eigenvalue weighted by atomic mass is 35.5. The monoisotopic (exact) mass is 408 g/mol. The smallest absolute Gasteiger partial charge is 0.255 e. The van der Waals surface area contributed by atoms with Gasteiger partial charge in [0, 0.05) is 48.1 Å². The van der Waals surface area contributed by atoms with Gasteiger partial charge in [0.2, 0.25) is 5.82 Å². The first-order chi connectivity index (χ1) is 14.1. The van der Waals surface area contributed by atoms with Gasteiger partial charge in [-0.15, -0.1) is 5.10 Å². The van der Waals surface area contributed by atoms with Crippen LogP contribution in [0.25, 0.3) is 17.4 Å². The first kappa shape index (κ1) is 18.0. The molecule has 0 spiro atoms. The van der Waals surface area contributed by atoms with E-state index in [0.717, 1.165) is 54.0 Å². The minimum absolute atomic E-state index is 0.548. The molecule has 0 aliphatic carbocycles. The molecule has 4 aromatic rings. The maximum Gasteiger partial charge on any atom is 0.255 e. The maximum absolute atomic E-state index is 6.17. The number of rotatable bonds is 3. The fourth-order valence-corrected chi connectivity index (χ4v) is 3.99. The normalized spacial score (nSPS) is 14.7. The minimum atomic E-state index is 0.548. The predicted molar refractivity (Wildman–Crippen MR) is 114 cm³/mol. The first-order valence-electron chi connectivity index (χ1n) is 9.63. The Kier molecular flexibility index (Phi) is 4.39. The third kappa shape index (κ3) is 3.21. The number of hydrogen-bond acceptors (Lipinski definition) is 6. The lowest BCUT2D eigenvalue weighted by Crippen LogP contribution is -2.47. The number of halogens is 1. The van der Waals surface area contributed by atoms with Crippen LogP contribution in [-0.2, 0) is 0 Å². The van der Waals surface area contributed by atoms with Crippen molar-refractivity contribution in [2.24, 2.45) is 0 Å². The third-order valence-electron chi connectivity index (χ3n) is 5.43. The van der Waals surface area contributed by atoms with Crippen molar-refractivity contribution in [1.29, 1.82) is 0 Å². The number of benzene rings is 1. The number of fused-ring (bicyclic) bond motifs is 1. The van der Waals surface area contributed by atoms with Crippen LogP contribution in [0.2, 0.25) is 5.02 Å². The van der Waals surface area contributed by atoms with Gasteiger partial charge in [-0.1, -0.05) is 17.7 Å². The van der Waals surface area contributed by atoms with E-state index in [4.69, 9.17) is 21.1 Å². The van der Waals surface area contributed by atoms with Gasteiger partial charge in [-0.2, -0.15) is 9.50 Å². The van der Waals surface area contributed by atoms with Crippen molar-refractivity contribution in [1.82, 2.24) is 19.6 Å². The van der Waals surface area contributed by atoms with E-state index in [-0.39, 0.29) is 0 Å². The molecule has 1 aliphatic heterocycles. The molecule has 0 amide bonds. The molecule has 1 fully saturated rings. The van der Waals surface area contributed by atoms with E-state index >= 15 is 0 Å². The standard InChI is InChI=1S/C21H21ClN6O/c1-14-15(2)23-21-24-19(18-7-4-12-29-18)25-28(21)20(14)27-10-8-26(9-11-27)17-6-3-5-16(22)13-17/h3-7,12-13H,8-11H2,1-2H3. The predicted octanol–water partition coefficient (Wildman–Crippen LogP) is 3.98. The highest BCUT2D eigenvalue weighted by Crippen LogP contribution is 2.27. The first-order valence-corrected chi connectivity index (χ1v) is 10.0. The molecule has 8 heteroatoms. The average molecular weight is 409 g/mol. The minimum Gasteiger partial charge on any atom is -0.461 e. The van der Waals surface area contributed by atoms with Crippen LogP contribution in [0.5, 0.6) is 0 Å². The fourth-order valence-electron chi connectivity index (χ4n) is 3.80. The maximum atomic E-state index is 6.17. The zero-order valence-corrected chi connectivity index (χ0v) is 17.1. The van der Waals surface area contributed by atoms with E-state index in [1.165, 1.54) is 0 Å². The summed E-state index contributed by atoms with van der Waals surface area (Å²) in [7, 11) is 0. The molecule has 1 saturated heterocycles. The molecular weight excluding hydrogens is 388 g/mol. The Morgan fingerprint density at radius 1 is 0.966 bits per heavy atom. The molecule has 0 saturated carbocycles. The van der Waals surface area contributed by atoms with Gasteiger partial charge < -0.3 is 14.2 Å². The van der Waals surface area contributed by atoms with Gasteiger partial charge in [0.25, 0.3) is 5.78 Å². The van der Waals surface area contributed by atoms with Crippen LogP contribution in [0.15, 0.2) is 47.1 Å². The number of hydrogen-bond donors (Lipinski definition) is 0. The number of piperazine rings is 1. The number of anilines is 2. The second-order valence-electron chi connectivity index (χ2n) is 7.22. The second-order valence-corrected chi connectivity index (χ2v) is 7.66. The summed E-state index contributed by atoms with van der Waals surface area (Å²) < 4.78 is 7.31. The molecule has 0 radical (unpaired) electrons. The van der Waals surface area contributed by atoms with Crippen LogP contribution >= 0.6 is 11.6 Å². The van der Waals surface area contributed by atoms with Gasteiger partial charge in [0.15, 0.2) is 5.76 Å². The summed E-state index contributed by atoms with van der Waals surface area (Å²) in [6.07, 6.45) is 1.63. The molecule has 5 rings (SSSR count). The molecule has 0 N–H and O–H groups in total. The van der Waals surface area contributed by atoms with Gasteiger partial charge in [-0.05, 0) is 44.2 Å². The van der Waals surface area contributed by atoms with E-state index in [9.17, 15) is 0 Å². The summed E-state index contributed by atoms with van der Waals surface area (Å²) in [5, 5.41) is 5.46. The lowest BCUT2D eigenvalue weighted by molar-refractivity contribution is 0.577. The quantitative estimate of drug-likeness (QED) is 0.511. The lowest BCUT2D eigenvalue weighted by Gasteiger charge is -2.37. The highest BCUT2D eigenvalue weighted by Gasteiger charge is 2.24. The Hall–Kier alpha value is -3.06. The Bertz CT molecular complexity index is 1160. The molecule has 0 atom stereocenters. The van der Waals surface area contributed by atoms with Gasteiger partial charge in [0.1, 0.15) is 5.82 Å². The number of aromatic nitrogens is 4. The van der Waals surface area contributed by atoms with Crippen molar-refractivity contribution >= 4 is 28.9 Å². The molecule has 4 heterocycles. The summed E-state index contributed by atoms with van der Waals surface area (Å²) in [4.78, 5) is 13.9. The Morgan fingerprint density at radius 3 is 2.48 bits per heavy atom. The van der Waals surface area contributed by atoms with Crippen molar-refractivity contribution in [3.8, 4) is 11.6 Å². The van der Waals surface area contributed by atoms with Gasteiger partial charge in [-0.3, -0.25) is 0 Å². The largest absolute Gasteiger partial charge is 0.461 e. The fraction of sp³-hybridized carbons (Fsp3) is 0.286. The summed E-state index contributed by atoms with van der Waals surface area (Å²) in [6, 6.07) is 11.7. The third-order valence-corrected chi connectivity index (χ3v) is 5.67. The van der Waals surface area contributed by atoms with E-state index < -0.39 is 0 Å². The van der Waals surface area contributed by atoms with E-state index in [1.807, 2.05) is 41.8 Å². The van der Waals surface area contributed by atoms with Crippen molar-refractivity contribution in [2.45, 2.75) is 13.8 Å². The molecule has 148 valence electrons. The zero-order valence-electron chi connectivity index (χ0n) is 16.3. The van der Waals surface area contributed by atoms with Gasteiger partial charge in [-0.25, -0.2) is 4.98 Å². The SMILES string of the molecule is Cc1nc2nc(-c3ccco3)nn2c(N2CCN(c3cccc(Cl)c3)CC2)c1C. The van der Waals surface area contributed by atoms with Crippen molar-refractivity contribution in [2.75, 3.05) is 36.0 Å². The lowest BCUT2D eigenvalue weighted by atomic mass is 10.2. The highest BCUT2D eigenvalue weighted by molar-refractivity contribution is 6.30. The summed E-state index contributed by atoms with van der Waals surface area (Å²) >= 11 is 6.17. The van der Waals surface area contributed by atoms with E-state index in [1.54, 1.807) is 6.26 Å². The topological polar surface area (TPSA) is 62.7 Å². The van der Waals surface area contributed by atoms with Crippen LogP contribution in [-0.4, -0.2) is 45.8 Å². The molecular formula is C21H21ClN6O. The van der Waals surface area contributed by atoms with Crippen LogP contribution in [0.3, 0.4) is 0 Å². The molecule has 29 heavy (non-hydrogen) atoms. The Balaban J connectivity index is 1.48. The number of furan rings is 1. The van der Waals surface area contributed by atoms with Gasteiger partial charge >= 0.3 is 0 Å². The molecule has 0 bridgehead atoms. The van der Waals surface area contributed by atoms with Crippen molar-refractivity contribution < 1.29 is 4.42 Å². The van der Waals surface area contributed by atoms with Crippen LogP contribution in [0, 0.1) is 13.8 Å². The van der Waals surface area contributed by atoms with Crippen LogP contribution in [0.1, 0.15) is 11.3 Å². The summed E-state index contributed by atoms with van der Waals surface area (Å²) in [5.74, 6) is 2.82. The summed E-state index contributed by atoms with van der Waals surface area (Å²) in [5.41, 5.74) is 3.23. The summed E-state index contributed by atoms with van der Waals surface area (Å²) in [6.45, 7) is 7.67. The van der Waals surface area contributed by atoms with Gasteiger partial charge in [0.05, 0.1) is 6.26 Å². The van der Waals surface area contributed by atoms with E-state index in [0.29, 0.717) is 17.4 Å². The Morgan fingerprint density at radius 2 is 1.76 bits per heavy atom. The molecule has 1 aliphatic rings. The molecule has 3 aromatic heterocycles. The Labute approximate surface area is 173 Å². The van der Waals surface area contributed by atoms with Crippen LogP contribution in [0.4, 0.5) is 11.5 Å². The molecule has 7 nitrogen and oxygen atoms in total. The van der Waals surface area contributed by atoms with Crippen LogP contribution < -0.4 is 9.80 Å². The number of aryl methyl sites for hydroxylation is 1. The average Bonchev–Trinajstić information content (AvgIpc) is 3.39. The van der Waals surface area contributed by atoms with Crippen molar-refractivity contribution in [3.63, 3.8) is 0 Å². The second kappa shape index (κ2) is 7.08. The molecule has 1 aromatic carbocycles. The zero-order chi connectivity index (χ0) is 20.0.